The summed E-state index contributed by atoms with van der Waals surface area (Å²) in [6, 6.07) is 10.2. The standard InChI is InChI=1S/C23H29N5O2/c1-3-16(2)24-19(29)13-12-18-25-22(28-14-8-5-9-15-28)20-21(27-30-23(20)26-18)17-10-6-4-7-11-17/h4,6-7,10-11,16H,3,5,8-9,12-15H2,1-2H3,(H,24,29)/t16-/m1/s1. The van der Waals surface area contributed by atoms with Crippen LogP contribution in [0.3, 0.4) is 0 Å². The first-order chi connectivity index (χ1) is 14.7. The number of aromatic nitrogens is 3. The van der Waals surface area contributed by atoms with Crippen molar-refractivity contribution in [3.05, 3.63) is 36.2 Å². The molecule has 3 heterocycles. The van der Waals surface area contributed by atoms with Gasteiger partial charge in [-0.1, -0.05) is 42.4 Å². The maximum absolute atomic E-state index is 12.2. The highest BCUT2D eigenvalue weighted by molar-refractivity contribution is 5.98. The summed E-state index contributed by atoms with van der Waals surface area (Å²) >= 11 is 0. The van der Waals surface area contributed by atoms with Crippen LogP contribution in [0.2, 0.25) is 0 Å². The first-order valence-electron chi connectivity index (χ1n) is 10.9. The van der Waals surface area contributed by atoms with E-state index >= 15 is 0 Å². The van der Waals surface area contributed by atoms with Gasteiger partial charge in [0.1, 0.15) is 22.7 Å². The summed E-state index contributed by atoms with van der Waals surface area (Å²) in [7, 11) is 0. The van der Waals surface area contributed by atoms with Crippen molar-refractivity contribution < 1.29 is 9.32 Å². The summed E-state index contributed by atoms with van der Waals surface area (Å²) < 4.78 is 5.64. The molecule has 158 valence electrons. The second kappa shape index (κ2) is 9.24. The van der Waals surface area contributed by atoms with E-state index in [1.165, 1.54) is 6.42 Å². The first kappa shape index (κ1) is 20.3. The van der Waals surface area contributed by atoms with Crippen LogP contribution in [0.5, 0.6) is 0 Å². The molecule has 30 heavy (non-hydrogen) atoms. The van der Waals surface area contributed by atoms with Crippen LogP contribution in [0.25, 0.3) is 22.4 Å². The molecule has 1 N–H and O–H groups in total. The quantitative estimate of drug-likeness (QED) is 0.634. The van der Waals surface area contributed by atoms with Crippen LogP contribution >= 0.6 is 0 Å². The first-order valence-corrected chi connectivity index (χ1v) is 10.9. The van der Waals surface area contributed by atoms with Gasteiger partial charge in [0, 0.05) is 37.5 Å². The fourth-order valence-electron chi connectivity index (χ4n) is 3.79. The number of amides is 1. The zero-order valence-electron chi connectivity index (χ0n) is 17.7. The van der Waals surface area contributed by atoms with Gasteiger partial charge >= 0.3 is 0 Å². The van der Waals surface area contributed by atoms with Gasteiger partial charge in [-0.15, -0.1) is 0 Å². The molecule has 0 aliphatic carbocycles. The minimum atomic E-state index is 0.0233. The Morgan fingerprint density at radius 1 is 1.17 bits per heavy atom. The van der Waals surface area contributed by atoms with Crippen LogP contribution in [0, 0.1) is 0 Å². The van der Waals surface area contributed by atoms with Crippen LogP contribution in [0.1, 0.15) is 51.8 Å². The largest absolute Gasteiger partial charge is 0.356 e. The predicted octanol–water partition coefficient (Wildman–Crippen LogP) is 4.12. The minimum Gasteiger partial charge on any atom is -0.356 e. The number of nitrogens with one attached hydrogen (secondary N) is 1. The smallest absolute Gasteiger partial charge is 0.263 e. The van der Waals surface area contributed by atoms with E-state index in [1.54, 1.807) is 0 Å². The van der Waals surface area contributed by atoms with Gasteiger partial charge in [0.15, 0.2) is 0 Å². The summed E-state index contributed by atoms with van der Waals surface area (Å²) in [4.78, 5) is 24.0. The van der Waals surface area contributed by atoms with Gasteiger partial charge in [0.05, 0.1) is 0 Å². The average Bonchev–Trinajstić information content (AvgIpc) is 3.22. The number of benzene rings is 1. The summed E-state index contributed by atoms with van der Waals surface area (Å²) in [5.74, 6) is 1.52. The molecule has 0 bridgehead atoms. The maximum atomic E-state index is 12.2. The number of anilines is 1. The Morgan fingerprint density at radius 2 is 1.93 bits per heavy atom. The Labute approximate surface area is 176 Å². The lowest BCUT2D eigenvalue weighted by atomic mass is 10.1. The van der Waals surface area contributed by atoms with Gasteiger partial charge in [-0.05, 0) is 32.6 Å². The van der Waals surface area contributed by atoms with E-state index < -0.39 is 0 Å². The monoisotopic (exact) mass is 407 g/mol. The van der Waals surface area contributed by atoms with Crippen molar-refractivity contribution in [3.63, 3.8) is 0 Å². The van der Waals surface area contributed by atoms with Crippen molar-refractivity contribution in [2.75, 3.05) is 18.0 Å². The molecule has 4 rings (SSSR count). The molecule has 0 spiro atoms. The normalized spacial score (nSPS) is 15.3. The Bertz CT molecular complexity index is 996. The molecular formula is C23H29N5O2. The molecule has 1 aliphatic rings. The predicted molar refractivity (Wildman–Crippen MR) is 117 cm³/mol. The molecule has 1 atom stereocenters. The molecule has 2 aromatic heterocycles. The van der Waals surface area contributed by atoms with Crippen molar-refractivity contribution in [3.8, 4) is 11.3 Å². The van der Waals surface area contributed by atoms with Gasteiger partial charge in [0.2, 0.25) is 5.91 Å². The molecule has 7 heteroatoms. The topological polar surface area (TPSA) is 84.2 Å². The van der Waals surface area contributed by atoms with Gasteiger partial charge in [0.25, 0.3) is 5.71 Å². The van der Waals surface area contributed by atoms with Crippen molar-refractivity contribution in [1.82, 2.24) is 20.4 Å². The Hall–Kier alpha value is -2.96. The highest BCUT2D eigenvalue weighted by Crippen LogP contribution is 2.34. The van der Waals surface area contributed by atoms with Crippen molar-refractivity contribution in [2.45, 2.75) is 58.4 Å². The van der Waals surface area contributed by atoms with Crippen LogP contribution in [-0.2, 0) is 11.2 Å². The number of hydrogen-bond acceptors (Lipinski definition) is 6. The number of aryl methyl sites for hydroxylation is 1. The van der Waals surface area contributed by atoms with Crippen LogP contribution in [0.4, 0.5) is 5.82 Å². The van der Waals surface area contributed by atoms with Crippen LogP contribution < -0.4 is 10.2 Å². The van der Waals surface area contributed by atoms with Gasteiger partial charge in [-0.25, -0.2) is 4.98 Å². The number of rotatable bonds is 7. The van der Waals surface area contributed by atoms with E-state index in [2.05, 4.69) is 27.3 Å². The molecule has 1 aliphatic heterocycles. The molecule has 0 radical (unpaired) electrons. The summed E-state index contributed by atoms with van der Waals surface area (Å²) in [5, 5.41) is 8.18. The van der Waals surface area contributed by atoms with Crippen molar-refractivity contribution in [2.24, 2.45) is 0 Å². The molecule has 0 saturated carbocycles. The third kappa shape index (κ3) is 4.45. The van der Waals surface area contributed by atoms with E-state index in [0.29, 0.717) is 24.4 Å². The number of nitrogens with zero attached hydrogens (tertiary/aromatic N) is 4. The molecule has 1 aromatic carbocycles. The zero-order valence-corrected chi connectivity index (χ0v) is 17.7. The third-order valence-electron chi connectivity index (χ3n) is 5.66. The maximum Gasteiger partial charge on any atom is 0.263 e. The summed E-state index contributed by atoms with van der Waals surface area (Å²) in [5.41, 5.74) is 2.24. The second-order valence-corrected chi connectivity index (χ2v) is 7.97. The molecule has 3 aromatic rings. The average molecular weight is 408 g/mol. The van der Waals surface area contributed by atoms with Crippen molar-refractivity contribution in [1.29, 1.82) is 0 Å². The van der Waals surface area contributed by atoms with E-state index in [-0.39, 0.29) is 11.9 Å². The van der Waals surface area contributed by atoms with Crippen molar-refractivity contribution >= 4 is 22.8 Å². The Balaban J connectivity index is 1.67. The summed E-state index contributed by atoms with van der Waals surface area (Å²) in [6.07, 6.45) is 5.26. The second-order valence-electron chi connectivity index (χ2n) is 7.97. The zero-order chi connectivity index (χ0) is 20.9. The van der Waals surface area contributed by atoms with Gasteiger partial charge in [-0.2, -0.15) is 4.98 Å². The fraction of sp³-hybridized carbons (Fsp3) is 0.478. The number of carbonyl (C=O) groups excluding carboxylic acids is 1. The highest BCUT2D eigenvalue weighted by Gasteiger charge is 2.24. The molecular weight excluding hydrogens is 378 g/mol. The number of piperidine rings is 1. The third-order valence-corrected chi connectivity index (χ3v) is 5.66. The summed E-state index contributed by atoms with van der Waals surface area (Å²) in [6.45, 7) is 5.98. The van der Waals surface area contributed by atoms with E-state index in [1.807, 2.05) is 37.3 Å². The van der Waals surface area contributed by atoms with E-state index in [4.69, 9.17) is 9.51 Å². The van der Waals surface area contributed by atoms with Gasteiger partial charge < -0.3 is 14.7 Å². The Morgan fingerprint density at radius 3 is 2.67 bits per heavy atom. The van der Waals surface area contributed by atoms with Crippen LogP contribution in [-0.4, -0.2) is 40.2 Å². The van der Waals surface area contributed by atoms with Crippen LogP contribution in [0.15, 0.2) is 34.9 Å². The van der Waals surface area contributed by atoms with E-state index in [0.717, 1.165) is 54.8 Å². The SMILES string of the molecule is CC[C@@H](C)NC(=O)CCc1nc(N2CCCCC2)c2c(-c3ccccc3)noc2n1. The minimum absolute atomic E-state index is 0.0233. The van der Waals surface area contributed by atoms with E-state index in [9.17, 15) is 4.79 Å². The number of fused-ring (bicyclic) bond motifs is 1. The lowest BCUT2D eigenvalue weighted by Gasteiger charge is -2.28. The Kier molecular flexibility index (Phi) is 6.26. The molecule has 1 saturated heterocycles. The molecule has 1 fully saturated rings. The lowest BCUT2D eigenvalue weighted by molar-refractivity contribution is -0.121. The highest BCUT2D eigenvalue weighted by atomic mass is 16.5. The molecule has 1 amide bonds. The fourth-order valence-corrected chi connectivity index (χ4v) is 3.79. The lowest BCUT2D eigenvalue weighted by Crippen LogP contribution is -2.32. The van der Waals surface area contributed by atoms with Gasteiger partial charge in [-0.3, -0.25) is 4.79 Å². The number of carbonyl (C=O) groups is 1. The number of hydrogen-bond donors (Lipinski definition) is 1. The molecule has 0 unspecified atom stereocenters. The molecule has 7 nitrogen and oxygen atoms in total.